The van der Waals surface area contributed by atoms with Gasteiger partial charge in [0, 0.05) is 5.69 Å². The van der Waals surface area contributed by atoms with E-state index >= 15 is 0 Å². The first-order valence-corrected chi connectivity index (χ1v) is 6.38. The molecule has 1 saturated heterocycles. The van der Waals surface area contributed by atoms with E-state index in [-0.39, 0.29) is 5.91 Å². The predicted octanol–water partition coefficient (Wildman–Crippen LogP) is 1.82. The number of amides is 1. The minimum absolute atomic E-state index is 0.281. The van der Waals surface area contributed by atoms with Gasteiger partial charge in [0.2, 0.25) is 0 Å². The Kier molecular flexibility index (Phi) is 4.16. The van der Waals surface area contributed by atoms with Crippen molar-refractivity contribution in [1.29, 1.82) is 0 Å². The summed E-state index contributed by atoms with van der Waals surface area (Å²) in [5.74, 6) is -1.29. The molecule has 0 spiro atoms. The molecule has 5 nitrogen and oxygen atoms in total. The zero-order valence-corrected chi connectivity index (χ0v) is 10.8. The van der Waals surface area contributed by atoms with Crippen LogP contribution in [0.1, 0.15) is 25.3 Å². The Hall–Kier alpha value is -1.88. The second kappa shape index (κ2) is 5.84. The van der Waals surface area contributed by atoms with Crippen molar-refractivity contribution in [3.63, 3.8) is 0 Å². The molecule has 1 aromatic rings. The number of nitrogens with one attached hydrogen (secondary N) is 1. The molecule has 0 saturated carbocycles. The number of carbonyl (C=O) groups excluding carboxylic acids is 1. The second-order valence-electron chi connectivity index (χ2n) is 4.57. The van der Waals surface area contributed by atoms with Crippen molar-refractivity contribution in [3.05, 3.63) is 29.8 Å². The largest absolute Gasteiger partial charge is 0.479 e. The number of carboxylic acids is 1. The molecule has 1 aliphatic heterocycles. The molecule has 1 amide bonds. The first kappa shape index (κ1) is 13.5. The molecule has 1 fully saturated rings. The fraction of sp³-hybridized carbons (Fsp3) is 0.429. The Labute approximate surface area is 111 Å². The molecule has 0 radical (unpaired) electrons. The van der Waals surface area contributed by atoms with Crippen LogP contribution in [0.15, 0.2) is 24.3 Å². The number of anilines is 1. The van der Waals surface area contributed by atoms with Gasteiger partial charge in [0.05, 0.1) is 0 Å². The van der Waals surface area contributed by atoms with E-state index in [0.29, 0.717) is 18.5 Å². The number of hydrogen-bond donors (Lipinski definition) is 2. The van der Waals surface area contributed by atoms with Gasteiger partial charge < -0.3 is 15.2 Å². The minimum atomic E-state index is -1.01. The predicted molar refractivity (Wildman–Crippen MR) is 70.0 cm³/mol. The number of carbonyl (C=O) groups is 2. The summed E-state index contributed by atoms with van der Waals surface area (Å²) in [4.78, 5) is 22.7. The highest BCUT2D eigenvalue weighted by atomic mass is 16.5. The van der Waals surface area contributed by atoms with Crippen molar-refractivity contribution in [2.24, 2.45) is 0 Å². The molecule has 19 heavy (non-hydrogen) atoms. The van der Waals surface area contributed by atoms with Gasteiger partial charge in [-0.2, -0.15) is 0 Å². The van der Waals surface area contributed by atoms with Crippen LogP contribution in [0.3, 0.4) is 0 Å². The third-order valence-electron chi connectivity index (χ3n) is 3.19. The van der Waals surface area contributed by atoms with E-state index in [9.17, 15) is 9.59 Å². The van der Waals surface area contributed by atoms with Crippen LogP contribution in [-0.4, -0.2) is 29.2 Å². The summed E-state index contributed by atoms with van der Waals surface area (Å²) in [6.45, 7) is 2.04. The molecular weight excluding hydrogens is 246 g/mol. The fourth-order valence-corrected chi connectivity index (χ4v) is 2.10. The highest BCUT2D eigenvalue weighted by Gasteiger charge is 2.34. The van der Waals surface area contributed by atoms with E-state index in [1.807, 2.05) is 25.1 Å². The van der Waals surface area contributed by atoms with Crippen molar-refractivity contribution >= 4 is 17.6 Å². The molecule has 0 aromatic heterocycles. The molecule has 2 rings (SSSR count). The summed E-state index contributed by atoms with van der Waals surface area (Å²) in [6, 6.07) is 7.58. The lowest BCUT2D eigenvalue weighted by molar-refractivity contribution is -0.150. The topological polar surface area (TPSA) is 75.6 Å². The third kappa shape index (κ3) is 3.32. The van der Waals surface area contributed by atoms with Crippen LogP contribution in [0.5, 0.6) is 0 Å². The zero-order chi connectivity index (χ0) is 13.8. The van der Waals surface area contributed by atoms with Gasteiger partial charge in [-0.1, -0.05) is 19.1 Å². The molecule has 1 aromatic carbocycles. The summed E-state index contributed by atoms with van der Waals surface area (Å²) in [5, 5.41) is 11.6. The number of ether oxygens (including phenoxy) is 1. The number of aliphatic carboxylic acids is 1. The SMILES string of the molecule is CCc1cccc(NC(=O)[C@@H]2CC[C@H](C(=O)O)O2)c1. The molecule has 0 unspecified atom stereocenters. The van der Waals surface area contributed by atoms with Gasteiger partial charge >= 0.3 is 5.97 Å². The van der Waals surface area contributed by atoms with E-state index in [1.54, 1.807) is 6.07 Å². The summed E-state index contributed by atoms with van der Waals surface area (Å²) in [7, 11) is 0. The van der Waals surface area contributed by atoms with E-state index in [2.05, 4.69) is 5.32 Å². The number of rotatable bonds is 4. The Morgan fingerprint density at radius 2 is 2.11 bits per heavy atom. The van der Waals surface area contributed by atoms with Crippen LogP contribution in [0.25, 0.3) is 0 Å². The van der Waals surface area contributed by atoms with E-state index < -0.39 is 18.2 Å². The van der Waals surface area contributed by atoms with Crippen molar-refractivity contribution < 1.29 is 19.4 Å². The first-order valence-electron chi connectivity index (χ1n) is 6.38. The monoisotopic (exact) mass is 263 g/mol. The van der Waals surface area contributed by atoms with Gasteiger partial charge in [-0.05, 0) is 37.0 Å². The fourth-order valence-electron chi connectivity index (χ4n) is 2.10. The molecule has 0 bridgehead atoms. The van der Waals surface area contributed by atoms with Gasteiger partial charge in [-0.25, -0.2) is 4.79 Å². The van der Waals surface area contributed by atoms with Crippen LogP contribution >= 0.6 is 0 Å². The first-order chi connectivity index (χ1) is 9.10. The van der Waals surface area contributed by atoms with Crippen molar-refractivity contribution in [1.82, 2.24) is 0 Å². The van der Waals surface area contributed by atoms with Crippen molar-refractivity contribution in [2.45, 2.75) is 38.4 Å². The highest BCUT2D eigenvalue weighted by molar-refractivity contribution is 5.94. The average Bonchev–Trinajstić information content (AvgIpc) is 2.89. The molecule has 2 N–H and O–H groups in total. The summed E-state index contributed by atoms with van der Waals surface area (Å²) < 4.78 is 5.20. The van der Waals surface area contributed by atoms with Gasteiger partial charge in [0.25, 0.3) is 5.91 Å². The van der Waals surface area contributed by atoms with Crippen LogP contribution in [0, 0.1) is 0 Å². The molecule has 1 heterocycles. The smallest absolute Gasteiger partial charge is 0.332 e. The van der Waals surface area contributed by atoms with Gasteiger partial charge in [-0.15, -0.1) is 0 Å². The summed E-state index contributed by atoms with van der Waals surface area (Å²) in [5.41, 5.74) is 1.85. The average molecular weight is 263 g/mol. The third-order valence-corrected chi connectivity index (χ3v) is 3.19. The Morgan fingerprint density at radius 1 is 1.37 bits per heavy atom. The Bertz CT molecular complexity index is 486. The van der Waals surface area contributed by atoms with Gasteiger partial charge in [0.15, 0.2) is 6.10 Å². The maximum atomic E-state index is 12.0. The lowest BCUT2D eigenvalue weighted by Gasteiger charge is -2.12. The van der Waals surface area contributed by atoms with Crippen LogP contribution < -0.4 is 5.32 Å². The van der Waals surface area contributed by atoms with Gasteiger partial charge in [-0.3, -0.25) is 4.79 Å². The van der Waals surface area contributed by atoms with E-state index in [0.717, 1.165) is 12.0 Å². The lowest BCUT2D eigenvalue weighted by Crippen LogP contribution is -2.29. The minimum Gasteiger partial charge on any atom is -0.479 e. The van der Waals surface area contributed by atoms with Crippen molar-refractivity contribution in [3.8, 4) is 0 Å². The maximum absolute atomic E-state index is 12.0. The van der Waals surface area contributed by atoms with E-state index in [1.165, 1.54) is 0 Å². The molecule has 2 atom stereocenters. The summed E-state index contributed by atoms with van der Waals surface area (Å²) in [6.07, 6.45) is 0.174. The molecular formula is C14H17NO4. The summed E-state index contributed by atoms with van der Waals surface area (Å²) >= 11 is 0. The van der Waals surface area contributed by atoms with Gasteiger partial charge in [0.1, 0.15) is 6.10 Å². The zero-order valence-electron chi connectivity index (χ0n) is 10.8. The maximum Gasteiger partial charge on any atom is 0.332 e. The van der Waals surface area contributed by atoms with Crippen LogP contribution in [-0.2, 0) is 20.7 Å². The number of hydrogen-bond acceptors (Lipinski definition) is 3. The quantitative estimate of drug-likeness (QED) is 0.868. The Balaban J connectivity index is 1.96. The number of aryl methyl sites for hydroxylation is 1. The normalized spacial score (nSPS) is 22.2. The van der Waals surface area contributed by atoms with Crippen LogP contribution in [0.2, 0.25) is 0 Å². The number of carboxylic acid groups (broad SMARTS) is 1. The second-order valence-corrected chi connectivity index (χ2v) is 4.57. The number of benzene rings is 1. The molecule has 0 aliphatic carbocycles. The van der Waals surface area contributed by atoms with Crippen LogP contribution in [0.4, 0.5) is 5.69 Å². The molecule has 102 valence electrons. The molecule has 1 aliphatic rings. The lowest BCUT2D eigenvalue weighted by atomic mass is 10.1. The Morgan fingerprint density at radius 3 is 2.74 bits per heavy atom. The van der Waals surface area contributed by atoms with E-state index in [4.69, 9.17) is 9.84 Å². The highest BCUT2D eigenvalue weighted by Crippen LogP contribution is 2.21. The van der Waals surface area contributed by atoms with Crippen molar-refractivity contribution in [2.75, 3.05) is 5.32 Å². The standard InChI is InChI=1S/C14H17NO4/c1-2-9-4-3-5-10(8-9)15-13(16)11-6-7-12(19-11)14(17)18/h3-5,8,11-12H,2,6-7H2,1H3,(H,15,16)(H,17,18)/t11-,12+/m0/s1. The molecule has 5 heteroatoms.